The van der Waals surface area contributed by atoms with E-state index in [9.17, 15) is 9.59 Å². The molecule has 1 aromatic rings. The number of carboxylic acid groups (broad SMARTS) is 1. The Morgan fingerprint density at radius 1 is 1.22 bits per heavy atom. The Kier molecular flexibility index (Phi) is 4.71. The average Bonchev–Trinajstić information content (AvgIpc) is 2.38. The van der Waals surface area contributed by atoms with Gasteiger partial charge in [0.15, 0.2) is 17.3 Å². The minimum atomic E-state index is -1.11. The molecule has 5 heteroatoms. The number of ether oxygens (including phenoxy) is 2. The van der Waals surface area contributed by atoms with Crippen LogP contribution in [0.3, 0.4) is 0 Å². The molecule has 0 bridgehead atoms. The summed E-state index contributed by atoms with van der Waals surface area (Å²) in [6.07, 6.45) is 0.252. The van der Waals surface area contributed by atoms with Crippen molar-refractivity contribution in [2.45, 2.75) is 13.3 Å². The zero-order valence-electron chi connectivity index (χ0n) is 10.6. The van der Waals surface area contributed by atoms with Crippen LogP contribution in [0.5, 0.6) is 11.5 Å². The molecule has 5 nitrogen and oxygen atoms in total. The highest BCUT2D eigenvalue weighted by Gasteiger charge is 2.26. The topological polar surface area (TPSA) is 72.8 Å². The van der Waals surface area contributed by atoms with Gasteiger partial charge < -0.3 is 14.6 Å². The van der Waals surface area contributed by atoms with Crippen molar-refractivity contribution < 1.29 is 24.2 Å². The Morgan fingerprint density at radius 2 is 1.83 bits per heavy atom. The van der Waals surface area contributed by atoms with Crippen LogP contribution in [0.1, 0.15) is 23.7 Å². The van der Waals surface area contributed by atoms with Crippen LogP contribution in [-0.2, 0) is 4.79 Å². The van der Waals surface area contributed by atoms with Gasteiger partial charge in [-0.3, -0.25) is 9.59 Å². The van der Waals surface area contributed by atoms with Gasteiger partial charge in [0.1, 0.15) is 5.92 Å². The number of Topliss-reactive ketones (excluding diaryl/α,β-unsaturated/α-hetero) is 1. The lowest BCUT2D eigenvalue weighted by Gasteiger charge is -2.11. The number of benzene rings is 1. The fourth-order valence-electron chi connectivity index (χ4n) is 1.66. The predicted octanol–water partition coefficient (Wildman–Crippen LogP) is 2.00. The Hall–Kier alpha value is -2.04. The van der Waals surface area contributed by atoms with E-state index in [1.807, 2.05) is 0 Å². The number of ketones is 1. The van der Waals surface area contributed by atoms with Crippen molar-refractivity contribution >= 4 is 11.8 Å². The van der Waals surface area contributed by atoms with Crippen LogP contribution in [0.25, 0.3) is 0 Å². The van der Waals surface area contributed by atoms with Gasteiger partial charge >= 0.3 is 5.97 Å². The van der Waals surface area contributed by atoms with Crippen LogP contribution in [0, 0.1) is 5.92 Å². The summed E-state index contributed by atoms with van der Waals surface area (Å²) < 4.78 is 10.1. The second-order valence-electron chi connectivity index (χ2n) is 3.73. The maximum atomic E-state index is 12.0. The molecule has 0 aromatic heterocycles. The molecule has 0 saturated carbocycles. The Bertz CT molecular complexity index is 453. The van der Waals surface area contributed by atoms with E-state index in [1.165, 1.54) is 26.4 Å². The molecule has 0 spiro atoms. The minimum Gasteiger partial charge on any atom is -0.493 e. The maximum Gasteiger partial charge on any atom is 0.314 e. The van der Waals surface area contributed by atoms with E-state index >= 15 is 0 Å². The molecule has 0 aliphatic rings. The third kappa shape index (κ3) is 2.80. The number of carbonyl (C=O) groups excluding carboxylic acids is 1. The zero-order valence-corrected chi connectivity index (χ0v) is 10.6. The Labute approximate surface area is 105 Å². The smallest absolute Gasteiger partial charge is 0.314 e. The molecule has 0 aliphatic carbocycles. The predicted molar refractivity (Wildman–Crippen MR) is 65.3 cm³/mol. The van der Waals surface area contributed by atoms with Crippen LogP contribution in [-0.4, -0.2) is 31.1 Å². The molecule has 0 fully saturated rings. The van der Waals surface area contributed by atoms with E-state index in [0.717, 1.165) is 0 Å². The summed E-state index contributed by atoms with van der Waals surface area (Å²) in [5, 5.41) is 8.96. The first-order valence-electron chi connectivity index (χ1n) is 5.54. The number of hydrogen-bond acceptors (Lipinski definition) is 4. The first-order chi connectivity index (χ1) is 8.54. The fraction of sp³-hybridized carbons (Fsp3) is 0.385. The number of rotatable bonds is 6. The number of carboxylic acids is 1. The molecule has 1 aromatic carbocycles. The largest absolute Gasteiger partial charge is 0.493 e. The van der Waals surface area contributed by atoms with Gasteiger partial charge in [0.05, 0.1) is 14.2 Å². The lowest BCUT2D eigenvalue weighted by molar-refractivity contribution is -0.140. The summed E-state index contributed by atoms with van der Waals surface area (Å²) in [6, 6.07) is 4.61. The summed E-state index contributed by atoms with van der Waals surface area (Å²) >= 11 is 0. The minimum absolute atomic E-state index is 0.252. The normalized spacial score (nSPS) is 11.7. The summed E-state index contributed by atoms with van der Waals surface area (Å²) in [6.45, 7) is 1.66. The van der Waals surface area contributed by atoms with Crippen molar-refractivity contribution in [1.29, 1.82) is 0 Å². The monoisotopic (exact) mass is 252 g/mol. The molecule has 0 saturated heterocycles. The molecule has 98 valence electrons. The van der Waals surface area contributed by atoms with Crippen LogP contribution in [0.2, 0.25) is 0 Å². The fourth-order valence-corrected chi connectivity index (χ4v) is 1.66. The van der Waals surface area contributed by atoms with E-state index in [2.05, 4.69) is 0 Å². The average molecular weight is 252 g/mol. The van der Waals surface area contributed by atoms with Crippen molar-refractivity contribution in [3.8, 4) is 11.5 Å². The van der Waals surface area contributed by atoms with E-state index in [-0.39, 0.29) is 6.42 Å². The first-order valence-corrected chi connectivity index (χ1v) is 5.54. The van der Waals surface area contributed by atoms with Crippen LogP contribution < -0.4 is 9.47 Å². The lowest BCUT2D eigenvalue weighted by Crippen LogP contribution is -2.23. The van der Waals surface area contributed by atoms with E-state index < -0.39 is 17.7 Å². The highest BCUT2D eigenvalue weighted by Crippen LogP contribution is 2.28. The number of methoxy groups -OCH3 is 2. The number of carbonyl (C=O) groups is 2. The van der Waals surface area contributed by atoms with Gasteiger partial charge in [0.2, 0.25) is 0 Å². The summed E-state index contributed by atoms with van der Waals surface area (Å²) in [5.74, 6) is -1.66. The standard InChI is InChI=1S/C13H16O5/c1-4-9(13(15)16)12(14)8-5-6-10(17-2)11(7-8)18-3/h5-7,9H,4H2,1-3H3,(H,15,16). The molecule has 1 rings (SSSR count). The van der Waals surface area contributed by atoms with E-state index in [1.54, 1.807) is 13.0 Å². The molecule has 1 unspecified atom stereocenters. The van der Waals surface area contributed by atoms with E-state index in [4.69, 9.17) is 14.6 Å². The van der Waals surface area contributed by atoms with Crippen LogP contribution in [0.4, 0.5) is 0 Å². The highest BCUT2D eigenvalue weighted by molar-refractivity contribution is 6.08. The van der Waals surface area contributed by atoms with Crippen molar-refractivity contribution in [1.82, 2.24) is 0 Å². The van der Waals surface area contributed by atoms with Crippen molar-refractivity contribution in [3.05, 3.63) is 23.8 Å². The SMILES string of the molecule is CCC(C(=O)O)C(=O)c1ccc(OC)c(OC)c1. The van der Waals surface area contributed by atoms with Gasteiger partial charge in [-0.2, -0.15) is 0 Å². The maximum absolute atomic E-state index is 12.0. The lowest BCUT2D eigenvalue weighted by atomic mass is 9.95. The van der Waals surface area contributed by atoms with Crippen LogP contribution >= 0.6 is 0 Å². The second kappa shape index (κ2) is 6.05. The van der Waals surface area contributed by atoms with Crippen molar-refractivity contribution in [3.63, 3.8) is 0 Å². The number of hydrogen-bond donors (Lipinski definition) is 1. The molecule has 1 N–H and O–H groups in total. The van der Waals surface area contributed by atoms with Gasteiger partial charge in [0, 0.05) is 5.56 Å². The number of aliphatic carboxylic acids is 1. The van der Waals surface area contributed by atoms with E-state index in [0.29, 0.717) is 17.1 Å². The van der Waals surface area contributed by atoms with Crippen LogP contribution in [0.15, 0.2) is 18.2 Å². The van der Waals surface area contributed by atoms with Gasteiger partial charge in [-0.05, 0) is 24.6 Å². The molecule has 0 heterocycles. The van der Waals surface area contributed by atoms with Crippen molar-refractivity contribution in [2.24, 2.45) is 5.92 Å². The molecule has 0 aliphatic heterocycles. The molecule has 0 amide bonds. The molecule has 18 heavy (non-hydrogen) atoms. The molecular weight excluding hydrogens is 236 g/mol. The summed E-state index contributed by atoms with van der Waals surface area (Å²) in [7, 11) is 2.95. The Balaban J connectivity index is 3.10. The Morgan fingerprint density at radius 3 is 2.28 bits per heavy atom. The molecule has 0 radical (unpaired) electrons. The zero-order chi connectivity index (χ0) is 13.7. The highest BCUT2D eigenvalue weighted by atomic mass is 16.5. The third-order valence-electron chi connectivity index (χ3n) is 2.69. The first kappa shape index (κ1) is 14.0. The summed E-state index contributed by atoms with van der Waals surface area (Å²) in [4.78, 5) is 23.0. The van der Waals surface area contributed by atoms with Gasteiger partial charge in [-0.15, -0.1) is 0 Å². The molecular formula is C13H16O5. The quantitative estimate of drug-likeness (QED) is 0.619. The van der Waals surface area contributed by atoms with Gasteiger partial charge in [0.25, 0.3) is 0 Å². The van der Waals surface area contributed by atoms with Gasteiger partial charge in [-0.1, -0.05) is 6.92 Å². The third-order valence-corrected chi connectivity index (χ3v) is 2.69. The molecule has 1 atom stereocenters. The van der Waals surface area contributed by atoms with Gasteiger partial charge in [-0.25, -0.2) is 0 Å². The second-order valence-corrected chi connectivity index (χ2v) is 3.73. The van der Waals surface area contributed by atoms with Crippen molar-refractivity contribution in [2.75, 3.05) is 14.2 Å². The summed E-state index contributed by atoms with van der Waals surface area (Å²) in [5.41, 5.74) is 0.307.